The highest BCUT2D eigenvalue weighted by atomic mass is 32.2. The number of fused-ring (bicyclic) bond motifs is 1. The van der Waals surface area contributed by atoms with Gasteiger partial charge in [0, 0.05) is 5.75 Å². The van der Waals surface area contributed by atoms with E-state index in [9.17, 15) is 4.79 Å². The van der Waals surface area contributed by atoms with Gasteiger partial charge in [-0.15, -0.1) is 11.8 Å². The SMILES string of the molecule is CCCNC(CSc1ncnc2nc[nH]c12)C(=O)OC. The summed E-state index contributed by atoms with van der Waals surface area (Å²) in [6, 6.07) is -0.349. The van der Waals surface area contributed by atoms with Gasteiger partial charge in [0.2, 0.25) is 0 Å². The minimum absolute atomic E-state index is 0.263. The van der Waals surface area contributed by atoms with Gasteiger partial charge in [0.05, 0.1) is 13.4 Å². The van der Waals surface area contributed by atoms with Gasteiger partial charge >= 0.3 is 5.97 Å². The van der Waals surface area contributed by atoms with Crippen LogP contribution in [-0.4, -0.2) is 51.4 Å². The van der Waals surface area contributed by atoms with Crippen molar-refractivity contribution < 1.29 is 9.53 Å². The number of methoxy groups -OCH3 is 1. The van der Waals surface area contributed by atoms with Gasteiger partial charge in [-0.3, -0.25) is 4.79 Å². The molecule has 2 rings (SSSR count). The Morgan fingerprint density at radius 2 is 2.35 bits per heavy atom. The van der Waals surface area contributed by atoms with Crippen LogP contribution in [-0.2, 0) is 9.53 Å². The predicted molar refractivity (Wildman–Crippen MR) is 76.5 cm³/mol. The molecule has 0 aliphatic rings. The summed E-state index contributed by atoms with van der Waals surface area (Å²) in [5.74, 6) is 0.276. The molecule has 20 heavy (non-hydrogen) atoms. The third kappa shape index (κ3) is 3.45. The second kappa shape index (κ2) is 7.20. The molecule has 7 nitrogen and oxygen atoms in total. The molecule has 0 aliphatic carbocycles. The maximum atomic E-state index is 11.7. The van der Waals surface area contributed by atoms with Crippen LogP contribution in [0.1, 0.15) is 13.3 Å². The molecule has 0 bridgehead atoms. The molecule has 0 fully saturated rings. The van der Waals surface area contributed by atoms with Crippen LogP contribution < -0.4 is 5.32 Å². The molecule has 0 amide bonds. The lowest BCUT2D eigenvalue weighted by Crippen LogP contribution is -2.40. The minimum atomic E-state index is -0.349. The number of esters is 1. The van der Waals surface area contributed by atoms with Gasteiger partial charge in [-0.2, -0.15) is 0 Å². The Labute approximate surface area is 120 Å². The number of rotatable bonds is 7. The van der Waals surface area contributed by atoms with E-state index in [0.717, 1.165) is 23.5 Å². The van der Waals surface area contributed by atoms with E-state index in [1.54, 1.807) is 6.33 Å². The number of hydrogen-bond acceptors (Lipinski definition) is 7. The standard InChI is InChI=1S/C12H17N5O2S/c1-3-4-13-8(12(18)19-2)5-20-11-9-10(15-6-14-9)16-7-17-11/h6-8,13H,3-5H2,1-2H3,(H,14,15,16,17). The Balaban J connectivity index is 2.04. The zero-order valence-corrected chi connectivity index (χ0v) is 12.2. The summed E-state index contributed by atoms with van der Waals surface area (Å²) in [6.07, 6.45) is 4.01. The molecule has 0 saturated carbocycles. The highest BCUT2D eigenvalue weighted by Crippen LogP contribution is 2.22. The Morgan fingerprint density at radius 1 is 1.50 bits per heavy atom. The van der Waals surface area contributed by atoms with E-state index in [-0.39, 0.29) is 12.0 Å². The minimum Gasteiger partial charge on any atom is -0.468 e. The van der Waals surface area contributed by atoms with Gasteiger partial charge in [-0.05, 0) is 13.0 Å². The highest BCUT2D eigenvalue weighted by Gasteiger charge is 2.19. The first kappa shape index (κ1) is 14.7. The molecule has 0 spiro atoms. The van der Waals surface area contributed by atoms with Crippen molar-refractivity contribution in [1.29, 1.82) is 0 Å². The van der Waals surface area contributed by atoms with E-state index in [4.69, 9.17) is 4.74 Å². The summed E-state index contributed by atoms with van der Waals surface area (Å²) in [7, 11) is 1.39. The fourth-order valence-electron chi connectivity index (χ4n) is 1.69. The van der Waals surface area contributed by atoms with Crippen LogP contribution in [0.5, 0.6) is 0 Å². The molecular weight excluding hydrogens is 278 g/mol. The van der Waals surface area contributed by atoms with Gasteiger partial charge in [-0.1, -0.05) is 6.92 Å². The third-order valence-corrected chi connectivity index (χ3v) is 3.78. The molecule has 2 aromatic heterocycles. The molecule has 8 heteroatoms. The first-order valence-electron chi connectivity index (χ1n) is 6.34. The molecule has 0 radical (unpaired) electrons. The predicted octanol–water partition coefficient (Wildman–Crippen LogP) is 0.986. The highest BCUT2D eigenvalue weighted by molar-refractivity contribution is 7.99. The summed E-state index contributed by atoms with van der Waals surface area (Å²) in [5.41, 5.74) is 1.41. The fraction of sp³-hybridized carbons (Fsp3) is 0.500. The number of nitrogens with one attached hydrogen (secondary N) is 2. The van der Waals surface area contributed by atoms with Gasteiger partial charge in [0.15, 0.2) is 5.65 Å². The summed E-state index contributed by atoms with van der Waals surface area (Å²) in [5, 5.41) is 3.95. The Hall–Kier alpha value is -1.67. The molecule has 2 N–H and O–H groups in total. The molecule has 2 aromatic rings. The lowest BCUT2D eigenvalue weighted by atomic mass is 10.3. The van der Waals surface area contributed by atoms with Gasteiger partial charge < -0.3 is 15.0 Å². The number of carbonyl (C=O) groups excluding carboxylic acids is 1. The number of H-pyrrole nitrogens is 1. The van der Waals surface area contributed by atoms with E-state index in [1.807, 2.05) is 6.92 Å². The summed E-state index contributed by atoms with van der Waals surface area (Å²) in [4.78, 5) is 27.1. The van der Waals surface area contributed by atoms with Crippen LogP contribution in [0.3, 0.4) is 0 Å². The smallest absolute Gasteiger partial charge is 0.323 e. The van der Waals surface area contributed by atoms with Crippen molar-refractivity contribution in [2.75, 3.05) is 19.4 Å². The lowest BCUT2D eigenvalue weighted by molar-refractivity contribution is -0.142. The van der Waals surface area contributed by atoms with E-state index >= 15 is 0 Å². The Bertz CT molecular complexity index is 574. The number of nitrogens with zero attached hydrogens (tertiary/aromatic N) is 3. The van der Waals surface area contributed by atoms with Crippen molar-refractivity contribution in [1.82, 2.24) is 25.3 Å². The van der Waals surface area contributed by atoms with Crippen LogP contribution in [0.15, 0.2) is 17.7 Å². The maximum Gasteiger partial charge on any atom is 0.323 e. The second-order valence-corrected chi connectivity index (χ2v) is 5.13. The number of aromatic nitrogens is 4. The normalized spacial score (nSPS) is 12.5. The first-order valence-corrected chi connectivity index (χ1v) is 7.33. The summed E-state index contributed by atoms with van der Waals surface area (Å²) in [6.45, 7) is 2.82. The number of ether oxygens (including phenoxy) is 1. The monoisotopic (exact) mass is 295 g/mol. The molecule has 0 aromatic carbocycles. The molecule has 0 aliphatic heterocycles. The van der Waals surface area contributed by atoms with Gasteiger partial charge in [0.25, 0.3) is 0 Å². The summed E-state index contributed by atoms with van der Waals surface area (Å²) < 4.78 is 4.80. The van der Waals surface area contributed by atoms with E-state index in [1.165, 1.54) is 25.2 Å². The molecule has 1 unspecified atom stereocenters. The van der Waals surface area contributed by atoms with E-state index in [2.05, 4.69) is 25.3 Å². The Kier molecular flexibility index (Phi) is 5.31. The number of carbonyl (C=O) groups is 1. The van der Waals surface area contributed by atoms with Crippen LogP contribution in [0, 0.1) is 0 Å². The van der Waals surface area contributed by atoms with Gasteiger partial charge in [0.1, 0.15) is 22.9 Å². The van der Waals surface area contributed by atoms with Crippen molar-refractivity contribution in [3.05, 3.63) is 12.7 Å². The van der Waals surface area contributed by atoms with Crippen molar-refractivity contribution in [3.8, 4) is 0 Å². The first-order chi connectivity index (χ1) is 9.76. The number of imidazole rings is 1. The molecule has 2 heterocycles. The number of thioether (sulfide) groups is 1. The average Bonchev–Trinajstić information content (AvgIpc) is 2.95. The maximum absolute atomic E-state index is 11.7. The zero-order chi connectivity index (χ0) is 14.4. The lowest BCUT2D eigenvalue weighted by Gasteiger charge is -2.15. The number of aromatic amines is 1. The van der Waals surface area contributed by atoms with Crippen molar-refractivity contribution >= 4 is 28.9 Å². The quantitative estimate of drug-likeness (QED) is 0.447. The summed E-state index contributed by atoms with van der Waals surface area (Å²) >= 11 is 1.47. The van der Waals surface area contributed by atoms with E-state index in [0.29, 0.717) is 11.4 Å². The van der Waals surface area contributed by atoms with Gasteiger partial charge in [-0.25, -0.2) is 15.0 Å². The van der Waals surface area contributed by atoms with Crippen molar-refractivity contribution in [2.24, 2.45) is 0 Å². The second-order valence-electron chi connectivity index (χ2n) is 4.12. The van der Waals surface area contributed by atoms with E-state index < -0.39 is 0 Å². The number of hydrogen-bond donors (Lipinski definition) is 2. The zero-order valence-electron chi connectivity index (χ0n) is 11.4. The van der Waals surface area contributed by atoms with Crippen LogP contribution in [0.4, 0.5) is 0 Å². The average molecular weight is 295 g/mol. The molecular formula is C12H17N5O2S. The van der Waals surface area contributed by atoms with Crippen LogP contribution in [0.2, 0.25) is 0 Å². The molecule has 108 valence electrons. The van der Waals surface area contributed by atoms with Crippen molar-refractivity contribution in [3.63, 3.8) is 0 Å². The fourth-order valence-corrected chi connectivity index (χ4v) is 2.68. The molecule has 0 saturated heterocycles. The largest absolute Gasteiger partial charge is 0.468 e. The molecule has 1 atom stereocenters. The third-order valence-electron chi connectivity index (χ3n) is 2.70. The Morgan fingerprint density at radius 3 is 3.10 bits per heavy atom. The van der Waals surface area contributed by atoms with Crippen molar-refractivity contribution in [2.45, 2.75) is 24.4 Å². The topological polar surface area (TPSA) is 92.8 Å². The van der Waals surface area contributed by atoms with Crippen LogP contribution >= 0.6 is 11.8 Å². The van der Waals surface area contributed by atoms with Crippen LogP contribution in [0.25, 0.3) is 11.2 Å².